The molecule has 1 aliphatic heterocycles. The van der Waals surface area contributed by atoms with Gasteiger partial charge in [-0.05, 0) is 43.9 Å². The summed E-state index contributed by atoms with van der Waals surface area (Å²) in [6.45, 7) is 4.23. The van der Waals surface area contributed by atoms with Gasteiger partial charge in [-0.1, -0.05) is 23.8 Å². The van der Waals surface area contributed by atoms with Crippen molar-refractivity contribution < 1.29 is 19.0 Å². The second-order valence-corrected chi connectivity index (χ2v) is 8.64. The van der Waals surface area contributed by atoms with Crippen LogP contribution in [0.15, 0.2) is 48.3 Å². The molecule has 1 fully saturated rings. The SMILES string of the molecule is COc1cc(Cn2ccnc2C2CCN(C(=O)C3C=CCC=C3C)CC2)cc(OC)c1OC. The highest BCUT2D eigenvalue weighted by atomic mass is 16.5. The number of likely N-dealkylation sites (tertiary alicyclic amines) is 1. The molecule has 2 aromatic rings. The number of piperidine rings is 1. The lowest BCUT2D eigenvalue weighted by atomic mass is 9.90. The number of benzene rings is 1. The molecule has 7 nitrogen and oxygen atoms in total. The Kier molecular flexibility index (Phi) is 7.06. The van der Waals surface area contributed by atoms with Crippen LogP contribution in [0, 0.1) is 5.92 Å². The Balaban J connectivity index is 1.45. The minimum atomic E-state index is -0.0997. The molecule has 0 spiro atoms. The van der Waals surface area contributed by atoms with Crippen molar-refractivity contribution in [3.05, 3.63) is 59.7 Å². The van der Waals surface area contributed by atoms with Crippen LogP contribution >= 0.6 is 0 Å². The highest BCUT2D eigenvalue weighted by molar-refractivity contribution is 5.83. The van der Waals surface area contributed by atoms with E-state index < -0.39 is 0 Å². The number of imidazole rings is 1. The monoisotopic (exact) mass is 451 g/mol. The average molecular weight is 452 g/mol. The summed E-state index contributed by atoms with van der Waals surface area (Å²) in [6.07, 6.45) is 12.9. The summed E-state index contributed by atoms with van der Waals surface area (Å²) in [7, 11) is 4.85. The third-order valence-corrected chi connectivity index (χ3v) is 6.66. The van der Waals surface area contributed by atoms with E-state index in [2.05, 4.69) is 28.6 Å². The van der Waals surface area contributed by atoms with Gasteiger partial charge in [0.2, 0.25) is 11.7 Å². The second kappa shape index (κ2) is 10.1. The number of aromatic nitrogens is 2. The molecule has 4 rings (SSSR count). The summed E-state index contributed by atoms with van der Waals surface area (Å²) in [6, 6.07) is 3.94. The van der Waals surface area contributed by atoms with Crippen molar-refractivity contribution in [1.29, 1.82) is 0 Å². The lowest BCUT2D eigenvalue weighted by Gasteiger charge is -2.34. The number of carbonyl (C=O) groups excluding carboxylic acids is 1. The standard InChI is InChI=1S/C26H33N3O4/c1-18-7-5-6-8-21(18)26(30)28-12-9-20(10-13-28)25-27-11-14-29(25)17-19-15-22(31-2)24(33-4)23(16-19)32-3/h6-8,11,14-16,20-21H,5,9-10,12-13,17H2,1-4H3. The lowest BCUT2D eigenvalue weighted by molar-refractivity contribution is -0.134. The molecule has 1 unspecified atom stereocenters. The van der Waals surface area contributed by atoms with Gasteiger partial charge in [-0.25, -0.2) is 4.98 Å². The van der Waals surface area contributed by atoms with E-state index in [1.807, 2.05) is 35.5 Å². The molecule has 1 aromatic heterocycles. The lowest BCUT2D eigenvalue weighted by Crippen LogP contribution is -2.41. The predicted molar refractivity (Wildman–Crippen MR) is 127 cm³/mol. The molecular weight excluding hydrogens is 418 g/mol. The van der Waals surface area contributed by atoms with Gasteiger partial charge in [0.15, 0.2) is 11.5 Å². The Bertz CT molecular complexity index is 1020. The zero-order valence-electron chi connectivity index (χ0n) is 19.9. The van der Waals surface area contributed by atoms with Gasteiger partial charge in [-0.2, -0.15) is 0 Å². The fraction of sp³-hybridized carbons (Fsp3) is 0.462. The molecule has 7 heteroatoms. The van der Waals surface area contributed by atoms with Gasteiger partial charge in [-0.3, -0.25) is 4.79 Å². The van der Waals surface area contributed by atoms with Crippen molar-refractivity contribution in [2.45, 2.75) is 38.6 Å². The molecule has 0 radical (unpaired) electrons. The number of nitrogens with zero attached hydrogens (tertiary/aromatic N) is 3. The van der Waals surface area contributed by atoms with Crippen LogP contribution in [0.25, 0.3) is 0 Å². The highest BCUT2D eigenvalue weighted by Gasteiger charge is 2.30. The van der Waals surface area contributed by atoms with Gasteiger partial charge in [0.05, 0.1) is 27.2 Å². The first-order chi connectivity index (χ1) is 16.0. The topological polar surface area (TPSA) is 65.8 Å². The third kappa shape index (κ3) is 4.77. The normalized spacial score (nSPS) is 18.7. The molecule has 0 N–H and O–H groups in total. The molecule has 2 heterocycles. The number of ether oxygens (including phenoxy) is 3. The number of allylic oxidation sites excluding steroid dienone is 2. The number of amides is 1. The Labute approximate surface area is 195 Å². The maximum Gasteiger partial charge on any atom is 0.233 e. The predicted octanol–water partition coefficient (Wildman–Crippen LogP) is 4.19. The van der Waals surface area contributed by atoms with Crippen LogP contribution in [0.4, 0.5) is 0 Å². The molecule has 1 aliphatic carbocycles. The van der Waals surface area contributed by atoms with Crippen molar-refractivity contribution >= 4 is 5.91 Å². The largest absolute Gasteiger partial charge is 0.493 e. The van der Waals surface area contributed by atoms with Gasteiger partial charge in [-0.15, -0.1) is 0 Å². The van der Waals surface area contributed by atoms with Crippen molar-refractivity contribution in [3.63, 3.8) is 0 Å². The van der Waals surface area contributed by atoms with E-state index in [0.29, 0.717) is 29.7 Å². The van der Waals surface area contributed by atoms with Crippen LogP contribution in [0.2, 0.25) is 0 Å². The molecule has 0 saturated carbocycles. The van der Waals surface area contributed by atoms with E-state index >= 15 is 0 Å². The zero-order valence-corrected chi connectivity index (χ0v) is 19.9. The zero-order chi connectivity index (χ0) is 23.4. The smallest absolute Gasteiger partial charge is 0.233 e. The van der Waals surface area contributed by atoms with Crippen molar-refractivity contribution in [2.24, 2.45) is 5.92 Å². The van der Waals surface area contributed by atoms with Gasteiger partial charge >= 0.3 is 0 Å². The summed E-state index contributed by atoms with van der Waals surface area (Å²) in [5, 5.41) is 0. The summed E-state index contributed by atoms with van der Waals surface area (Å²) in [5.41, 5.74) is 2.20. The molecule has 33 heavy (non-hydrogen) atoms. The van der Waals surface area contributed by atoms with Gasteiger partial charge in [0.25, 0.3) is 0 Å². The molecule has 1 atom stereocenters. The summed E-state index contributed by atoms with van der Waals surface area (Å²) >= 11 is 0. The van der Waals surface area contributed by atoms with Crippen LogP contribution in [-0.2, 0) is 11.3 Å². The Morgan fingerprint density at radius 3 is 2.39 bits per heavy atom. The first-order valence-corrected chi connectivity index (χ1v) is 11.5. The van der Waals surface area contributed by atoms with E-state index in [4.69, 9.17) is 14.2 Å². The van der Waals surface area contributed by atoms with Crippen molar-refractivity contribution in [1.82, 2.24) is 14.5 Å². The average Bonchev–Trinajstić information content (AvgIpc) is 3.31. The Morgan fingerprint density at radius 2 is 1.79 bits per heavy atom. The van der Waals surface area contributed by atoms with Gasteiger partial charge in [0.1, 0.15) is 5.82 Å². The maximum absolute atomic E-state index is 13.0. The number of rotatable bonds is 7. The number of hydrogen-bond acceptors (Lipinski definition) is 5. The van der Waals surface area contributed by atoms with Gasteiger partial charge < -0.3 is 23.7 Å². The fourth-order valence-electron chi connectivity index (χ4n) is 4.82. The maximum atomic E-state index is 13.0. The summed E-state index contributed by atoms with van der Waals surface area (Å²) in [4.78, 5) is 19.7. The Morgan fingerprint density at radius 1 is 1.09 bits per heavy atom. The third-order valence-electron chi connectivity index (χ3n) is 6.66. The second-order valence-electron chi connectivity index (χ2n) is 8.64. The minimum Gasteiger partial charge on any atom is -0.493 e. The highest BCUT2D eigenvalue weighted by Crippen LogP contribution is 2.38. The molecule has 0 bridgehead atoms. The molecule has 176 valence electrons. The van der Waals surface area contributed by atoms with Crippen LogP contribution in [0.3, 0.4) is 0 Å². The minimum absolute atomic E-state index is 0.0997. The van der Waals surface area contributed by atoms with Gasteiger partial charge in [0, 0.05) is 37.9 Å². The van der Waals surface area contributed by atoms with E-state index in [0.717, 1.165) is 49.3 Å². The van der Waals surface area contributed by atoms with E-state index in [9.17, 15) is 4.79 Å². The van der Waals surface area contributed by atoms with E-state index in [1.54, 1.807) is 21.3 Å². The molecule has 1 aromatic carbocycles. The Hall–Kier alpha value is -3.22. The first-order valence-electron chi connectivity index (χ1n) is 11.5. The fourth-order valence-corrected chi connectivity index (χ4v) is 4.82. The van der Waals surface area contributed by atoms with Crippen LogP contribution < -0.4 is 14.2 Å². The first kappa shape index (κ1) is 23.0. The van der Waals surface area contributed by atoms with E-state index in [1.165, 1.54) is 0 Å². The molecule has 1 amide bonds. The number of carbonyl (C=O) groups is 1. The van der Waals surface area contributed by atoms with Crippen LogP contribution in [-0.4, -0.2) is 54.8 Å². The molecular formula is C26H33N3O4. The summed E-state index contributed by atoms with van der Waals surface area (Å²) in [5.74, 6) is 3.37. The summed E-state index contributed by atoms with van der Waals surface area (Å²) < 4.78 is 18.6. The van der Waals surface area contributed by atoms with Crippen molar-refractivity contribution in [3.8, 4) is 17.2 Å². The number of methoxy groups -OCH3 is 3. The van der Waals surface area contributed by atoms with Crippen molar-refractivity contribution in [2.75, 3.05) is 34.4 Å². The number of hydrogen-bond donors (Lipinski definition) is 0. The van der Waals surface area contributed by atoms with E-state index in [-0.39, 0.29) is 11.8 Å². The quantitative estimate of drug-likeness (QED) is 0.591. The van der Waals surface area contributed by atoms with Crippen LogP contribution in [0.1, 0.15) is 43.5 Å². The molecule has 2 aliphatic rings. The molecule has 1 saturated heterocycles. The van der Waals surface area contributed by atoms with Crippen LogP contribution in [0.5, 0.6) is 17.2 Å².